The zero-order valence-corrected chi connectivity index (χ0v) is 19.6. The SMILES string of the molecule is C=C(Cl)/C(=C\C=C(C)C)N(C)C(=O)C(C)Sc1nc2cccnc2n1-c1ccccc1. The molecule has 3 rings (SSSR count). The molecule has 1 atom stereocenters. The molecule has 0 fully saturated rings. The van der Waals surface area contributed by atoms with Gasteiger partial charge in [-0.25, -0.2) is 9.97 Å². The Hall–Kier alpha value is -2.83. The van der Waals surface area contributed by atoms with Crippen molar-refractivity contribution in [2.75, 3.05) is 7.05 Å². The number of aromatic nitrogens is 3. The Morgan fingerprint density at radius 3 is 2.55 bits per heavy atom. The number of imidazole rings is 1. The van der Waals surface area contributed by atoms with Gasteiger partial charge in [0.05, 0.1) is 16.0 Å². The van der Waals surface area contributed by atoms with E-state index >= 15 is 0 Å². The molecule has 2 aromatic heterocycles. The number of para-hydroxylation sites is 1. The molecule has 1 unspecified atom stereocenters. The second-order valence-corrected chi connectivity index (χ2v) is 9.03. The summed E-state index contributed by atoms with van der Waals surface area (Å²) in [7, 11) is 1.71. The van der Waals surface area contributed by atoms with E-state index in [0.29, 0.717) is 15.9 Å². The van der Waals surface area contributed by atoms with Crippen molar-refractivity contribution in [3.8, 4) is 5.69 Å². The largest absolute Gasteiger partial charge is 0.313 e. The smallest absolute Gasteiger partial charge is 0.240 e. The third kappa shape index (κ3) is 5.27. The monoisotopic (exact) mass is 452 g/mol. The van der Waals surface area contributed by atoms with Crippen LogP contribution in [0.25, 0.3) is 16.9 Å². The number of allylic oxidation sites excluding steroid dienone is 4. The van der Waals surface area contributed by atoms with E-state index in [1.54, 1.807) is 18.1 Å². The fourth-order valence-corrected chi connectivity index (χ4v) is 4.22. The highest BCUT2D eigenvalue weighted by Crippen LogP contribution is 2.31. The van der Waals surface area contributed by atoms with Crippen LogP contribution in [0.3, 0.4) is 0 Å². The molecule has 0 saturated heterocycles. The molecule has 1 amide bonds. The van der Waals surface area contributed by atoms with Crippen LogP contribution in [-0.4, -0.2) is 37.6 Å². The van der Waals surface area contributed by atoms with Gasteiger partial charge in [0, 0.05) is 18.9 Å². The lowest BCUT2D eigenvalue weighted by Crippen LogP contribution is -2.33. The first-order chi connectivity index (χ1) is 14.8. The maximum atomic E-state index is 13.2. The molecule has 0 radical (unpaired) electrons. The number of hydrogen-bond acceptors (Lipinski definition) is 4. The van der Waals surface area contributed by atoms with Gasteiger partial charge in [-0.05, 0) is 51.1 Å². The molecule has 0 aliphatic rings. The second-order valence-electron chi connectivity index (χ2n) is 7.27. The van der Waals surface area contributed by atoms with Crippen molar-refractivity contribution in [1.29, 1.82) is 0 Å². The summed E-state index contributed by atoms with van der Waals surface area (Å²) >= 11 is 7.56. The first-order valence-electron chi connectivity index (χ1n) is 9.82. The summed E-state index contributed by atoms with van der Waals surface area (Å²) in [4.78, 5) is 24.0. The molecule has 5 nitrogen and oxygen atoms in total. The summed E-state index contributed by atoms with van der Waals surface area (Å²) in [5.74, 6) is -0.0974. The van der Waals surface area contributed by atoms with Crippen molar-refractivity contribution in [3.63, 3.8) is 0 Å². The Labute approximate surface area is 192 Å². The minimum absolute atomic E-state index is 0.0974. The number of hydrogen-bond donors (Lipinski definition) is 0. The minimum Gasteiger partial charge on any atom is -0.313 e. The van der Waals surface area contributed by atoms with Crippen LogP contribution in [0.15, 0.2) is 88.9 Å². The van der Waals surface area contributed by atoms with E-state index in [-0.39, 0.29) is 5.91 Å². The van der Waals surface area contributed by atoms with Crippen LogP contribution in [0.2, 0.25) is 0 Å². The second kappa shape index (κ2) is 9.98. The lowest BCUT2D eigenvalue weighted by atomic mass is 10.2. The van der Waals surface area contributed by atoms with Crippen LogP contribution < -0.4 is 0 Å². The predicted molar refractivity (Wildman–Crippen MR) is 129 cm³/mol. The number of thioether (sulfide) groups is 1. The van der Waals surface area contributed by atoms with Crippen LogP contribution in [0.4, 0.5) is 0 Å². The Morgan fingerprint density at radius 2 is 1.90 bits per heavy atom. The van der Waals surface area contributed by atoms with Crippen LogP contribution in [-0.2, 0) is 4.79 Å². The number of pyridine rings is 1. The molecule has 160 valence electrons. The quantitative estimate of drug-likeness (QED) is 0.327. The Bertz CT molecular complexity index is 1160. The highest BCUT2D eigenvalue weighted by Gasteiger charge is 2.25. The van der Waals surface area contributed by atoms with Crippen molar-refractivity contribution in [3.05, 3.63) is 83.7 Å². The van der Waals surface area contributed by atoms with E-state index < -0.39 is 5.25 Å². The number of carbonyl (C=O) groups is 1. The average Bonchev–Trinajstić information content (AvgIpc) is 3.11. The molecular weight excluding hydrogens is 428 g/mol. The first-order valence-corrected chi connectivity index (χ1v) is 11.1. The van der Waals surface area contributed by atoms with Crippen molar-refractivity contribution in [2.45, 2.75) is 31.2 Å². The molecule has 7 heteroatoms. The molecular formula is C24H25ClN4OS. The molecule has 0 aliphatic carbocycles. The van der Waals surface area contributed by atoms with Crippen LogP contribution in [0, 0.1) is 0 Å². The van der Waals surface area contributed by atoms with E-state index in [0.717, 1.165) is 22.4 Å². The van der Waals surface area contributed by atoms with Gasteiger partial charge >= 0.3 is 0 Å². The summed E-state index contributed by atoms with van der Waals surface area (Å²) in [5.41, 5.74) is 4.14. The van der Waals surface area contributed by atoms with E-state index in [1.165, 1.54) is 11.8 Å². The van der Waals surface area contributed by atoms with Gasteiger partial charge in [-0.2, -0.15) is 0 Å². The number of halogens is 1. The molecule has 0 saturated carbocycles. The molecule has 0 spiro atoms. The summed E-state index contributed by atoms with van der Waals surface area (Å²) in [5, 5.41) is 0.607. The van der Waals surface area contributed by atoms with Crippen LogP contribution in [0.1, 0.15) is 20.8 Å². The normalized spacial score (nSPS) is 12.5. The van der Waals surface area contributed by atoms with E-state index in [9.17, 15) is 4.79 Å². The van der Waals surface area contributed by atoms with Gasteiger partial charge in [-0.1, -0.05) is 59.8 Å². The Balaban J connectivity index is 1.94. The van der Waals surface area contributed by atoms with E-state index in [1.807, 2.05) is 80.0 Å². The maximum Gasteiger partial charge on any atom is 0.240 e. The van der Waals surface area contributed by atoms with Crippen molar-refractivity contribution in [1.82, 2.24) is 19.4 Å². The standard InChI is InChI=1S/C24H25ClN4OS/c1-16(2)13-14-21(17(3)25)28(5)23(30)18(4)31-24-27-20-12-9-15-26-22(20)29(24)19-10-7-6-8-11-19/h6-15,18H,3H2,1-2,4-5H3/b21-14+. The summed E-state index contributed by atoms with van der Waals surface area (Å²) in [6.45, 7) is 9.63. The van der Waals surface area contributed by atoms with Gasteiger partial charge < -0.3 is 4.90 Å². The van der Waals surface area contributed by atoms with Crippen molar-refractivity contribution >= 4 is 40.4 Å². The number of benzene rings is 1. The average molecular weight is 453 g/mol. The lowest BCUT2D eigenvalue weighted by Gasteiger charge is -2.23. The Morgan fingerprint density at radius 1 is 1.19 bits per heavy atom. The number of likely N-dealkylation sites (N-methyl/N-ethyl adjacent to an activating group) is 1. The highest BCUT2D eigenvalue weighted by atomic mass is 35.5. The number of carbonyl (C=O) groups excluding carboxylic acids is 1. The van der Waals surface area contributed by atoms with Crippen molar-refractivity contribution in [2.24, 2.45) is 0 Å². The fourth-order valence-electron chi connectivity index (χ4n) is 3.01. The number of fused-ring (bicyclic) bond motifs is 1. The number of nitrogens with zero attached hydrogens (tertiary/aromatic N) is 4. The number of amides is 1. The van der Waals surface area contributed by atoms with Gasteiger partial charge in [-0.15, -0.1) is 0 Å². The lowest BCUT2D eigenvalue weighted by molar-refractivity contribution is -0.127. The van der Waals surface area contributed by atoms with E-state index in [4.69, 9.17) is 16.6 Å². The topological polar surface area (TPSA) is 51.0 Å². The zero-order chi connectivity index (χ0) is 22.5. The van der Waals surface area contributed by atoms with Gasteiger partial charge in [0.15, 0.2) is 10.8 Å². The number of rotatable bonds is 7. The molecule has 0 aliphatic heterocycles. The minimum atomic E-state index is -0.407. The van der Waals surface area contributed by atoms with Gasteiger partial charge in [-0.3, -0.25) is 9.36 Å². The molecule has 3 aromatic rings. The van der Waals surface area contributed by atoms with Gasteiger partial charge in [0.2, 0.25) is 5.91 Å². The van der Waals surface area contributed by atoms with Gasteiger partial charge in [0.25, 0.3) is 0 Å². The van der Waals surface area contributed by atoms with Gasteiger partial charge in [0.1, 0.15) is 5.52 Å². The zero-order valence-electron chi connectivity index (χ0n) is 18.0. The Kier molecular flexibility index (Phi) is 7.36. The van der Waals surface area contributed by atoms with Crippen LogP contribution in [0.5, 0.6) is 0 Å². The molecule has 2 heterocycles. The predicted octanol–water partition coefficient (Wildman–Crippen LogP) is 5.96. The third-order valence-electron chi connectivity index (χ3n) is 4.57. The van der Waals surface area contributed by atoms with E-state index in [2.05, 4.69) is 11.6 Å². The van der Waals surface area contributed by atoms with Crippen molar-refractivity contribution < 1.29 is 4.79 Å². The van der Waals surface area contributed by atoms with Crippen LogP contribution >= 0.6 is 23.4 Å². The fraction of sp³-hybridized carbons (Fsp3) is 0.208. The molecule has 0 bridgehead atoms. The third-order valence-corrected chi connectivity index (χ3v) is 5.81. The molecule has 0 N–H and O–H groups in total. The molecule has 1 aromatic carbocycles. The summed E-state index contributed by atoms with van der Waals surface area (Å²) < 4.78 is 1.98. The molecule has 31 heavy (non-hydrogen) atoms. The first kappa shape index (κ1) is 22.8. The summed E-state index contributed by atoms with van der Waals surface area (Å²) in [6, 6.07) is 13.7. The maximum absolute atomic E-state index is 13.2. The summed E-state index contributed by atoms with van der Waals surface area (Å²) in [6.07, 6.45) is 5.46. The highest BCUT2D eigenvalue weighted by molar-refractivity contribution is 8.00.